The van der Waals surface area contributed by atoms with Crippen LogP contribution in [0.5, 0.6) is 0 Å². The van der Waals surface area contributed by atoms with Crippen LogP contribution in [0.25, 0.3) is 11.0 Å². The maximum Gasteiger partial charge on any atom is 0.202 e. The van der Waals surface area contributed by atoms with Crippen LogP contribution in [0.2, 0.25) is 0 Å². The Hall–Kier alpha value is -3.48. The number of hydrogen-bond acceptors (Lipinski definition) is 5. The van der Waals surface area contributed by atoms with Crippen LogP contribution in [0, 0.1) is 10.8 Å². The summed E-state index contributed by atoms with van der Waals surface area (Å²) < 4.78 is 1.86. The molecule has 7 nitrogen and oxygen atoms in total. The monoisotopic (exact) mass is 388 g/mol. The maximum atomic E-state index is 13.1. The molecule has 0 bridgehead atoms. The predicted octanol–water partition coefficient (Wildman–Crippen LogP) is 2.91. The van der Waals surface area contributed by atoms with Gasteiger partial charge >= 0.3 is 0 Å². The zero-order valence-corrected chi connectivity index (χ0v) is 16.5. The van der Waals surface area contributed by atoms with Crippen LogP contribution in [0.3, 0.4) is 0 Å². The number of fused-ring (bicyclic) bond motifs is 2. The molecular formula is C22H24N6O. The fraction of sp³-hybridized carbons (Fsp3) is 0.273. The van der Waals surface area contributed by atoms with Crippen molar-refractivity contribution in [2.45, 2.75) is 39.3 Å². The van der Waals surface area contributed by atoms with Gasteiger partial charge in [-0.3, -0.25) is 15.6 Å². The molecule has 1 aliphatic carbocycles. The summed E-state index contributed by atoms with van der Waals surface area (Å²) in [6, 6.07) is 10.5. The average Bonchev–Trinajstić information content (AvgIpc) is 3.10. The smallest absolute Gasteiger partial charge is 0.202 e. The molecule has 1 aromatic carbocycles. The minimum atomic E-state index is -0.255. The summed E-state index contributed by atoms with van der Waals surface area (Å²) in [5.41, 5.74) is 4.09. The van der Waals surface area contributed by atoms with Gasteiger partial charge in [0, 0.05) is 18.8 Å². The first-order valence-electron chi connectivity index (χ1n) is 9.74. The van der Waals surface area contributed by atoms with Gasteiger partial charge in [0.2, 0.25) is 5.43 Å². The first-order valence-corrected chi connectivity index (χ1v) is 9.74. The molecule has 2 heterocycles. The van der Waals surface area contributed by atoms with Gasteiger partial charge in [0.05, 0.1) is 28.7 Å². The normalized spacial score (nSPS) is 13.3. The van der Waals surface area contributed by atoms with Gasteiger partial charge in [0.15, 0.2) is 0 Å². The van der Waals surface area contributed by atoms with Crippen molar-refractivity contribution in [2.24, 2.45) is 0 Å². The van der Waals surface area contributed by atoms with Crippen molar-refractivity contribution >= 4 is 28.4 Å². The number of anilines is 1. The molecule has 0 saturated heterocycles. The molecule has 0 saturated carbocycles. The van der Waals surface area contributed by atoms with E-state index in [9.17, 15) is 4.79 Å². The molecule has 0 aliphatic heterocycles. The Labute approximate surface area is 168 Å². The Balaban J connectivity index is 1.69. The molecule has 4 N–H and O–H groups in total. The molecular weight excluding hydrogens is 364 g/mol. The van der Waals surface area contributed by atoms with Crippen molar-refractivity contribution in [3.63, 3.8) is 0 Å². The van der Waals surface area contributed by atoms with Crippen LogP contribution in [-0.4, -0.2) is 27.3 Å². The van der Waals surface area contributed by atoms with E-state index >= 15 is 0 Å². The lowest BCUT2D eigenvalue weighted by Crippen LogP contribution is -2.32. The zero-order valence-electron chi connectivity index (χ0n) is 16.5. The number of amidine groups is 2. The molecule has 1 aliphatic rings. The van der Waals surface area contributed by atoms with Crippen molar-refractivity contribution in [3.8, 4) is 0 Å². The molecule has 0 radical (unpaired) electrons. The predicted molar refractivity (Wildman–Crippen MR) is 116 cm³/mol. The van der Waals surface area contributed by atoms with E-state index in [-0.39, 0.29) is 28.7 Å². The molecule has 7 heteroatoms. The van der Waals surface area contributed by atoms with Gasteiger partial charge < -0.3 is 15.2 Å². The highest BCUT2D eigenvalue weighted by molar-refractivity contribution is 6.07. The van der Waals surface area contributed by atoms with Gasteiger partial charge in [0.1, 0.15) is 11.5 Å². The van der Waals surface area contributed by atoms with Crippen molar-refractivity contribution in [3.05, 3.63) is 69.6 Å². The summed E-state index contributed by atoms with van der Waals surface area (Å²) >= 11 is 0. The number of rotatable bonds is 4. The fourth-order valence-corrected chi connectivity index (χ4v) is 3.92. The minimum absolute atomic E-state index is 0.0730. The number of aryl methyl sites for hydroxylation is 1. The average molecular weight is 388 g/mol. The molecule has 4 rings (SSSR count). The molecule has 0 amide bonds. The number of nitrogens with one attached hydrogen (secondary N) is 4. The summed E-state index contributed by atoms with van der Waals surface area (Å²) in [5.74, 6) is 0.0445. The topological polar surface area (TPSA) is 107 Å². The van der Waals surface area contributed by atoms with Crippen LogP contribution in [0.4, 0.5) is 5.69 Å². The summed E-state index contributed by atoms with van der Waals surface area (Å²) in [4.78, 5) is 17.6. The third-order valence-corrected chi connectivity index (χ3v) is 5.26. The van der Waals surface area contributed by atoms with Gasteiger partial charge in [0.25, 0.3) is 0 Å². The van der Waals surface area contributed by atoms with Crippen LogP contribution in [-0.2, 0) is 19.4 Å². The van der Waals surface area contributed by atoms with E-state index in [1.54, 1.807) is 12.4 Å². The third kappa shape index (κ3) is 3.63. The van der Waals surface area contributed by atoms with Gasteiger partial charge in [-0.25, -0.2) is 4.98 Å². The largest absolute Gasteiger partial charge is 0.380 e. The van der Waals surface area contributed by atoms with E-state index in [1.807, 2.05) is 17.6 Å². The summed E-state index contributed by atoms with van der Waals surface area (Å²) in [6.45, 7) is 4.13. The highest BCUT2D eigenvalue weighted by atomic mass is 16.1. The standard InChI is InChI=1S/C22H24N6O/c1-3-28-12-19(21(24)26-13(2)23)20(29)18-10-17(11-25-22(18)28)27-16-8-14-6-4-5-7-15(14)9-16/h4-7,10-12,16,27H,3,8-9H2,1-2H3,(H3,23,24,26). The Bertz CT molecular complexity index is 1150. The van der Waals surface area contributed by atoms with Crippen LogP contribution >= 0.6 is 0 Å². The highest BCUT2D eigenvalue weighted by Crippen LogP contribution is 2.25. The lowest BCUT2D eigenvalue weighted by Gasteiger charge is -2.16. The van der Waals surface area contributed by atoms with Crippen LogP contribution < -0.4 is 16.1 Å². The molecule has 0 fully saturated rings. The van der Waals surface area contributed by atoms with Crippen LogP contribution in [0.15, 0.2) is 47.5 Å². The second kappa shape index (κ2) is 7.50. The molecule has 2 aromatic heterocycles. The Morgan fingerprint density at radius 2 is 1.93 bits per heavy atom. The number of hydrogen-bond donors (Lipinski definition) is 4. The Kier molecular flexibility index (Phi) is 4.88. The van der Waals surface area contributed by atoms with Crippen molar-refractivity contribution < 1.29 is 0 Å². The molecule has 3 aromatic rings. The van der Waals surface area contributed by atoms with Gasteiger partial charge in [-0.2, -0.15) is 0 Å². The SMILES string of the molecule is CCn1cc(C(=N)NC(C)=N)c(=O)c2cc(NC3Cc4ccccc4C3)cnc21. The molecule has 0 unspecified atom stereocenters. The Morgan fingerprint density at radius 1 is 1.24 bits per heavy atom. The zero-order chi connectivity index (χ0) is 20.5. The van der Waals surface area contributed by atoms with E-state index in [1.165, 1.54) is 18.1 Å². The Morgan fingerprint density at radius 3 is 2.55 bits per heavy atom. The van der Waals surface area contributed by atoms with E-state index in [0.717, 1.165) is 18.5 Å². The number of pyridine rings is 2. The number of benzene rings is 1. The molecule has 29 heavy (non-hydrogen) atoms. The summed E-state index contributed by atoms with van der Waals surface area (Å²) in [5, 5.41) is 22.3. The van der Waals surface area contributed by atoms with E-state index in [4.69, 9.17) is 10.8 Å². The second-order valence-corrected chi connectivity index (χ2v) is 7.40. The quantitative estimate of drug-likeness (QED) is 0.407. The first kappa shape index (κ1) is 18.9. The summed E-state index contributed by atoms with van der Waals surface area (Å²) in [6.07, 6.45) is 5.29. The third-order valence-electron chi connectivity index (χ3n) is 5.26. The lowest BCUT2D eigenvalue weighted by molar-refractivity contribution is 0.768. The molecule has 0 atom stereocenters. The van der Waals surface area contributed by atoms with Gasteiger partial charge in [-0.15, -0.1) is 0 Å². The second-order valence-electron chi connectivity index (χ2n) is 7.40. The van der Waals surface area contributed by atoms with E-state index in [2.05, 4.69) is 39.9 Å². The van der Waals surface area contributed by atoms with Gasteiger partial charge in [-0.05, 0) is 43.9 Å². The van der Waals surface area contributed by atoms with E-state index in [0.29, 0.717) is 17.6 Å². The molecule has 0 spiro atoms. The van der Waals surface area contributed by atoms with Crippen molar-refractivity contribution in [1.82, 2.24) is 14.9 Å². The first-order chi connectivity index (χ1) is 14.0. The minimum Gasteiger partial charge on any atom is -0.380 e. The fourth-order valence-electron chi connectivity index (χ4n) is 3.92. The van der Waals surface area contributed by atoms with Crippen molar-refractivity contribution in [2.75, 3.05) is 5.32 Å². The van der Waals surface area contributed by atoms with Crippen molar-refractivity contribution in [1.29, 1.82) is 10.8 Å². The lowest BCUT2D eigenvalue weighted by atomic mass is 10.1. The highest BCUT2D eigenvalue weighted by Gasteiger charge is 2.21. The number of aromatic nitrogens is 2. The molecule has 148 valence electrons. The van der Waals surface area contributed by atoms with Crippen LogP contribution in [0.1, 0.15) is 30.5 Å². The van der Waals surface area contributed by atoms with E-state index < -0.39 is 0 Å². The van der Waals surface area contributed by atoms with Gasteiger partial charge in [-0.1, -0.05) is 24.3 Å². The summed E-state index contributed by atoms with van der Waals surface area (Å²) in [7, 11) is 0. The maximum absolute atomic E-state index is 13.1. The number of nitrogens with zero attached hydrogens (tertiary/aromatic N) is 2.